The van der Waals surface area contributed by atoms with E-state index in [9.17, 15) is 4.79 Å². The fourth-order valence-corrected chi connectivity index (χ4v) is 10.8. The van der Waals surface area contributed by atoms with Crippen LogP contribution in [0.3, 0.4) is 0 Å². The Labute approximate surface area is 312 Å². The van der Waals surface area contributed by atoms with Crippen LogP contribution >= 0.6 is 23.8 Å². The molecule has 0 aliphatic carbocycles. The molecule has 2 nitrogen and oxygen atoms in total. The van der Waals surface area contributed by atoms with Crippen molar-refractivity contribution >= 4 is 56.5 Å². The first-order chi connectivity index (χ1) is 22.6. The summed E-state index contributed by atoms with van der Waals surface area (Å²) in [5.41, 5.74) is 2.48. The summed E-state index contributed by atoms with van der Waals surface area (Å²) in [6.07, 6.45) is 5.06. The Balaban J connectivity index is 0.000000804. The monoisotopic (exact) mass is 798 g/mol. The third kappa shape index (κ3) is 12.2. The van der Waals surface area contributed by atoms with E-state index >= 15 is 0 Å². The standard InChI is InChI=1S/C35H29O2P2.C6H15P.BrH.Ni/c1-37-35(36)34(27-39(31-21-10-4-11-22-31)32-23-12-5-13-24-32)33-25-15-14-16-28(33)26-38(29-17-6-2-7-18-29)30-19-8-3-9-20-30;1-4-7(5-2)6-3;;/h2-25H,26H2,1H3;4-6H2,1-3H3;1H;/q;;;+2/p-1. The number of methoxy groups -OCH3 is 1. The van der Waals surface area contributed by atoms with Crippen LogP contribution in [0.25, 0.3) is 5.57 Å². The van der Waals surface area contributed by atoms with Crippen LogP contribution in [-0.2, 0) is 32.2 Å². The van der Waals surface area contributed by atoms with E-state index in [-0.39, 0.29) is 39.4 Å². The fraction of sp³-hybridized carbons (Fsp3) is 0.195. The number of carbonyl (C=O) groups is 1. The van der Waals surface area contributed by atoms with Gasteiger partial charge in [-0.25, -0.2) is 4.79 Å². The third-order valence-corrected chi connectivity index (χ3v) is 15.0. The van der Waals surface area contributed by atoms with Gasteiger partial charge < -0.3 is 21.7 Å². The zero-order valence-corrected chi connectivity index (χ0v) is 33.3. The van der Waals surface area contributed by atoms with Crippen molar-refractivity contribution in [3.63, 3.8) is 0 Å². The van der Waals surface area contributed by atoms with Crippen LogP contribution in [0, 0.1) is 5.82 Å². The normalized spacial score (nSPS) is 10.9. The Morgan fingerprint density at radius 3 is 1.33 bits per heavy atom. The molecule has 1 radical (unpaired) electrons. The molecular formula is C41H44BrNiO2P3+. The SMILES string of the molecule is CCP(CC)CC.COC(=O)C(=[C]P(c1ccccc1)c1ccccc1)c1ccccc1CP(c1ccccc1)c1ccccc1.[Br-].[Ni+2]. The number of ether oxygens (including phenoxy) is 1. The summed E-state index contributed by atoms with van der Waals surface area (Å²) in [7, 11) is 0.149. The van der Waals surface area contributed by atoms with Crippen LogP contribution in [0.15, 0.2) is 146 Å². The number of hydrogen-bond donors (Lipinski definition) is 0. The van der Waals surface area contributed by atoms with Gasteiger partial charge >= 0.3 is 22.5 Å². The number of esters is 1. The van der Waals surface area contributed by atoms with Crippen LogP contribution < -0.4 is 38.2 Å². The second-order valence-electron chi connectivity index (χ2n) is 10.5. The van der Waals surface area contributed by atoms with Gasteiger partial charge in [0.2, 0.25) is 0 Å². The summed E-state index contributed by atoms with van der Waals surface area (Å²) >= 11 is 0. The van der Waals surface area contributed by atoms with Gasteiger partial charge in [0, 0.05) is 12.0 Å². The molecule has 7 heteroatoms. The summed E-state index contributed by atoms with van der Waals surface area (Å²) in [5, 5.41) is 4.87. The first-order valence-electron chi connectivity index (χ1n) is 15.9. The summed E-state index contributed by atoms with van der Waals surface area (Å²) in [4.78, 5) is 13.4. The van der Waals surface area contributed by atoms with E-state index in [2.05, 4.69) is 124 Å². The molecule has 0 N–H and O–H groups in total. The molecule has 0 aliphatic rings. The van der Waals surface area contributed by atoms with Crippen LogP contribution in [0.5, 0.6) is 0 Å². The molecule has 0 saturated heterocycles. The van der Waals surface area contributed by atoms with E-state index in [1.54, 1.807) is 0 Å². The van der Waals surface area contributed by atoms with E-state index in [0.717, 1.165) is 27.9 Å². The minimum Gasteiger partial charge on any atom is -1.00 e. The van der Waals surface area contributed by atoms with Gasteiger partial charge in [-0.15, -0.1) is 7.92 Å². The van der Waals surface area contributed by atoms with E-state index in [1.807, 2.05) is 48.5 Å². The summed E-state index contributed by atoms with van der Waals surface area (Å²) in [6, 6.07) is 50.1. The first-order valence-corrected chi connectivity index (χ1v) is 20.7. The zero-order chi connectivity index (χ0) is 32.6. The maximum absolute atomic E-state index is 13.4. The third-order valence-electron chi connectivity index (χ3n) is 7.73. The second-order valence-corrected chi connectivity index (χ2v) is 17.9. The van der Waals surface area contributed by atoms with Gasteiger partial charge in [0.1, 0.15) is 0 Å². The molecule has 48 heavy (non-hydrogen) atoms. The van der Waals surface area contributed by atoms with Crippen molar-refractivity contribution in [2.24, 2.45) is 0 Å². The van der Waals surface area contributed by atoms with Crippen LogP contribution in [0.1, 0.15) is 31.9 Å². The molecule has 0 aliphatic heterocycles. The predicted molar refractivity (Wildman–Crippen MR) is 205 cm³/mol. The smallest absolute Gasteiger partial charge is 1.00 e. The molecule has 251 valence electrons. The van der Waals surface area contributed by atoms with E-state index in [1.165, 1.54) is 36.2 Å². The molecule has 0 fully saturated rings. The predicted octanol–water partition coefficient (Wildman–Crippen LogP) is 6.30. The Bertz CT molecular complexity index is 1550. The number of rotatable bonds is 12. The molecule has 0 aromatic heterocycles. The largest absolute Gasteiger partial charge is 2.00 e. The van der Waals surface area contributed by atoms with Crippen molar-refractivity contribution in [1.82, 2.24) is 0 Å². The quantitative estimate of drug-likeness (QED) is 0.0642. The number of carbonyl (C=O) groups excluding carboxylic acids is 1. The Morgan fingerprint density at radius 2 is 0.958 bits per heavy atom. The van der Waals surface area contributed by atoms with Gasteiger partial charge in [0.05, 0.1) is 12.7 Å². The van der Waals surface area contributed by atoms with E-state index < -0.39 is 15.8 Å². The van der Waals surface area contributed by atoms with E-state index in [4.69, 9.17) is 4.74 Å². The minimum absolute atomic E-state index is 0. The molecule has 0 heterocycles. The number of halogens is 1. The van der Waals surface area contributed by atoms with Gasteiger partial charge in [-0.3, -0.25) is 0 Å². The van der Waals surface area contributed by atoms with Crippen molar-refractivity contribution in [2.45, 2.75) is 26.9 Å². The van der Waals surface area contributed by atoms with Crippen LogP contribution in [0.4, 0.5) is 0 Å². The molecular weight excluding hydrogens is 756 g/mol. The summed E-state index contributed by atoms with van der Waals surface area (Å²) in [5.74, 6) is 3.29. The molecule has 0 saturated carbocycles. The van der Waals surface area contributed by atoms with Crippen LogP contribution in [-0.4, -0.2) is 31.6 Å². The topological polar surface area (TPSA) is 26.3 Å². The molecule has 0 bridgehead atoms. The molecule has 0 atom stereocenters. The van der Waals surface area contributed by atoms with Crippen molar-refractivity contribution in [1.29, 1.82) is 0 Å². The number of hydrogen-bond acceptors (Lipinski definition) is 2. The molecule has 5 rings (SSSR count). The molecule has 5 aromatic rings. The van der Waals surface area contributed by atoms with Gasteiger partial charge in [-0.2, -0.15) is 0 Å². The Morgan fingerprint density at radius 1 is 0.583 bits per heavy atom. The molecule has 5 aromatic carbocycles. The summed E-state index contributed by atoms with van der Waals surface area (Å²) < 4.78 is 5.35. The maximum atomic E-state index is 13.4. The van der Waals surface area contributed by atoms with Crippen molar-refractivity contribution in [2.75, 3.05) is 25.6 Å². The number of benzene rings is 5. The first kappa shape index (κ1) is 41.7. The van der Waals surface area contributed by atoms with Gasteiger partial charge in [0.25, 0.3) is 0 Å². The van der Waals surface area contributed by atoms with Crippen molar-refractivity contribution in [3.8, 4) is 0 Å². The fourth-order valence-electron chi connectivity index (χ4n) is 5.15. The van der Waals surface area contributed by atoms with Crippen LogP contribution in [0.2, 0.25) is 0 Å². The van der Waals surface area contributed by atoms with Crippen molar-refractivity contribution in [3.05, 3.63) is 163 Å². The molecule has 0 spiro atoms. The van der Waals surface area contributed by atoms with Gasteiger partial charge in [-0.05, 0) is 66.7 Å². The average Bonchev–Trinajstić information content (AvgIpc) is 3.13. The average molecular weight is 800 g/mol. The van der Waals surface area contributed by atoms with Gasteiger partial charge in [-0.1, -0.05) is 166 Å². The zero-order valence-electron chi connectivity index (χ0n) is 28.0. The maximum Gasteiger partial charge on any atom is 2.00 e. The van der Waals surface area contributed by atoms with E-state index in [0.29, 0.717) is 13.5 Å². The molecule has 0 amide bonds. The summed E-state index contributed by atoms with van der Waals surface area (Å²) in [6.45, 7) is 6.87. The van der Waals surface area contributed by atoms with Crippen molar-refractivity contribution < 1.29 is 43.0 Å². The Kier molecular flexibility index (Phi) is 20.1. The second kappa shape index (κ2) is 23.1. The Hall–Kier alpha value is -2.43. The van der Waals surface area contributed by atoms with Gasteiger partial charge in [0.15, 0.2) is 0 Å². The molecule has 0 unspecified atom stereocenters. The minimum atomic E-state index is -1.05.